The van der Waals surface area contributed by atoms with Gasteiger partial charge in [-0.15, -0.1) is 11.3 Å². The van der Waals surface area contributed by atoms with Gasteiger partial charge in [0.1, 0.15) is 0 Å². The fraction of sp³-hybridized carbons (Fsp3) is 0.444. The first-order valence-electron chi connectivity index (χ1n) is 4.32. The maximum Gasteiger partial charge on any atom is 0.183 e. The van der Waals surface area contributed by atoms with Crippen molar-refractivity contribution < 1.29 is 0 Å². The molecule has 0 fully saturated rings. The van der Waals surface area contributed by atoms with Crippen molar-refractivity contribution in [2.24, 2.45) is 0 Å². The van der Waals surface area contributed by atoms with Gasteiger partial charge in [-0.3, -0.25) is 4.90 Å². The Morgan fingerprint density at radius 2 is 2.46 bits per heavy atom. The van der Waals surface area contributed by atoms with Gasteiger partial charge in [0.2, 0.25) is 0 Å². The molecule has 0 spiro atoms. The minimum atomic E-state index is 0.641. The first kappa shape index (κ1) is 9.19. The first-order valence-corrected chi connectivity index (χ1v) is 5.51. The molecule has 0 saturated carbocycles. The van der Waals surface area contributed by atoms with E-state index in [1.54, 1.807) is 11.3 Å². The van der Waals surface area contributed by atoms with Crippen LogP contribution in [0.3, 0.4) is 0 Å². The highest BCUT2D eigenvalue weighted by atomic mass is 35.5. The van der Waals surface area contributed by atoms with E-state index in [1.165, 1.54) is 4.88 Å². The predicted octanol–water partition coefficient (Wildman–Crippen LogP) is 2.56. The van der Waals surface area contributed by atoms with E-state index in [0.717, 1.165) is 26.1 Å². The number of thiazole rings is 1. The van der Waals surface area contributed by atoms with Gasteiger partial charge in [0, 0.05) is 30.7 Å². The average molecular weight is 215 g/mol. The fourth-order valence-corrected chi connectivity index (χ4v) is 2.43. The lowest BCUT2D eigenvalue weighted by molar-refractivity contribution is 0.293. The van der Waals surface area contributed by atoms with E-state index >= 15 is 0 Å². The zero-order valence-corrected chi connectivity index (χ0v) is 8.81. The second-order valence-corrected chi connectivity index (χ2v) is 4.77. The number of halogens is 1. The second-order valence-electron chi connectivity index (χ2n) is 3.07. The lowest BCUT2D eigenvalue weighted by atomic mass is 10.2. The Morgan fingerprint density at radius 3 is 3.08 bits per heavy atom. The molecule has 2 heterocycles. The molecule has 0 aliphatic carbocycles. The third kappa shape index (κ3) is 2.53. The average Bonchev–Trinajstić information content (AvgIpc) is 2.53. The normalized spacial score (nSPS) is 17.9. The first-order chi connectivity index (χ1) is 6.34. The van der Waals surface area contributed by atoms with Crippen LogP contribution in [0.1, 0.15) is 11.3 Å². The van der Waals surface area contributed by atoms with Gasteiger partial charge in [-0.2, -0.15) is 0 Å². The van der Waals surface area contributed by atoms with E-state index < -0.39 is 0 Å². The van der Waals surface area contributed by atoms with Crippen LogP contribution in [0, 0.1) is 0 Å². The lowest BCUT2D eigenvalue weighted by Gasteiger charge is -2.21. The summed E-state index contributed by atoms with van der Waals surface area (Å²) >= 11 is 7.32. The monoisotopic (exact) mass is 214 g/mol. The Kier molecular flexibility index (Phi) is 2.98. The van der Waals surface area contributed by atoms with Gasteiger partial charge < -0.3 is 0 Å². The highest BCUT2D eigenvalue weighted by molar-refractivity contribution is 7.15. The molecule has 1 aliphatic rings. The molecular formula is C9H11ClN2S. The molecule has 0 saturated heterocycles. The number of hydrogen-bond donors (Lipinski definition) is 0. The third-order valence-electron chi connectivity index (χ3n) is 2.05. The lowest BCUT2D eigenvalue weighted by Crippen LogP contribution is -2.26. The summed E-state index contributed by atoms with van der Waals surface area (Å²) in [5, 5.41) is 0. The molecule has 1 aromatic rings. The van der Waals surface area contributed by atoms with Gasteiger partial charge in [-0.1, -0.05) is 23.8 Å². The Labute approximate surface area is 86.8 Å². The summed E-state index contributed by atoms with van der Waals surface area (Å²) in [5.74, 6) is 0. The van der Waals surface area contributed by atoms with Crippen LogP contribution in [0.2, 0.25) is 4.47 Å². The van der Waals surface area contributed by atoms with E-state index in [0.29, 0.717) is 4.47 Å². The van der Waals surface area contributed by atoms with Crippen LogP contribution in [0.4, 0.5) is 0 Å². The molecule has 2 rings (SSSR count). The van der Waals surface area contributed by atoms with Crippen LogP contribution >= 0.6 is 22.9 Å². The van der Waals surface area contributed by atoms with Crippen molar-refractivity contribution in [3.63, 3.8) is 0 Å². The van der Waals surface area contributed by atoms with Crippen LogP contribution in [0.25, 0.3) is 0 Å². The van der Waals surface area contributed by atoms with Gasteiger partial charge in [0.25, 0.3) is 0 Å². The van der Waals surface area contributed by atoms with Crippen LogP contribution in [-0.2, 0) is 6.54 Å². The highest BCUT2D eigenvalue weighted by Crippen LogP contribution is 2.19. The van der Waals surface area contributed by atoms with Gasteiger partial charge in [0.05, 0.1) is 0 Å². The van der Waals surface area contributed by atoms with Gasteiger partial charge in [-0.05, 0) is 6.42 Å². The van der Waals surface area contributed by atoms with Crippen LogP contribution in [0.15, 0.2) is 18.3 Å². The number of aromatic nitrogens is 1. The zero-order chi connectivity index (χ0) is 9.10. The molecule has 1 aliphatic heterocycles. The van der Waals surface area contributed by atoms with Crippen molar-refractivity contribution in [3.8, 4) is 0 Å². The number of hydrogen-bond acceptors (Lipinski definition) is 3. The minimum absolute atomic E-state index is 0.641. The smallest absolute Gasteiger partial charge is 0.183 e. The second kappa shape index (κ2) is 4.22. The Balaban J connectivity index is 1.94. The summed E-state index contributed by atoms with van der Waals surface area (Å²) in [7, 11) is 0. The Morgan fingerprint density at radius 1 is 1.54 bits per heavy atom. The molecule has 70 valence electrons. The van der Waals surface area contributed by atoms with E-state index in [2.05, 4.69) is 22.0 Å². The number of nitrogens with zero attached hydrogens (tertiary/aromatic N) is 2. The molecule has 0 aromatic carbocycles. The summed E-state index contributed by atoms with van der Waals surface area (Å²) in [6, 6.07) is 0. The molecule has 0 radical (unpaired) electrons. The molecule has 0 amide bonds. The molecule has 13 heavy (non-hydrogen) atoms. The molecule has 0 unspecified atom stereocenters. The van der Waals surface area contributed by atoms with Crippen molar-refractivity contribution in [1.82, 2.24) is 9.88 Å². The largest absolute Gasteiger partial charge is 0.294 e. The summed E-state index contributed by atoms with van der Waals surface area (Å²) in [6.45, 7) is 3.18. The van der Waals surface area contributed by atoms with Gasteiger partial charge in [-0.25, -0.2) is 4.98 Å². The molecule has 2 nitrogen and oxygen atoms in total. The van der Waals surface area contributed by atoms with E-state index in [9.17, 15) is 0 Å². The van der Waals surface area contributed by atoms with Crippen LogP contribution in [0.5, 0.6) is 0 Å². The van der Waals surface area contributed by atoms with E-state index in [4.69, 9.17) is 11.6 Å². The number of rotatable bonds is 2. The summed E-state index contributed by atoms with van der Waals surface area (Å²) in [5.41, 5.74) is 0. The molecule has 0 bridgehead atoms. The van der Waals surface area contributed by atoms with Gasteiger partial charge in [0.15, 0.2) is 4.47 Å². The van der Waals surface area contributed by atoms with Gasteiger partial charge >= 0.3 is 0 Å². The zero-order valence-electron chi connectivity index (χ0n) is 7.24. The molecule has 0 N–H and O–H groups in total. The fourth-order valence-electron chi connectivity index (χ4n) is 1.41. The molecular weight excluding hydrogens is 204 g/mol. The van der Waals surface area contributed by atoms with E-state index in [-0.39, 0.29) is 0 Å². The highest BCUT2D eigenvalue weighted by Gasteiger charge is 2.08. The Hall–Kier alpha value is -0.380. The van der Waals surface area contributed by atoms with Crippen LogP contribution in [-0.4, -0.2) is 23.0 Å². The predicted molar refractivity (Wildman–Crippen MR) is 56.2 cm³/mol. The molecule has 4 heteroatoms. The minimum Gasteiger partial charge on any atom is -0.294 e. The summed E-state index contributed by atoms with van der Waals surface area (Å²) < 4.78 is 0.641. The van der Waals surface area contributed by atoms with Crippen molar-refractivity contribution in [2.75, 3.05) is 13.1 Å². The third-order valence-corrected chi connectivity index (χ3v) is 3.15. The Bertz CT molecular complexity index is 308. The summed E-state index contributed by atoms with van der Waals surface area (Å²) in [4.78, 5) is 7.66. The van der Waals surface area contributed by atoms with Crippen molar-refractivity contribution >= 4 is 22.9 Å². The SMILES string of the molecule is Clc1ncc(CN2CC=CCC2)s1. The topological polar surface area (TPSA) is 16.1 Å². The van der Waals surface area contributed by atoms with E-state index in [1.807, 2.05) is 6.20 Å². The molecule has 0 atom stereocenters. The van der Waals surface area contributed by atoms with Crippen molar-refractivity contribution in [1.29, 1.82) is 0 Å². The maximum absolute atomic E-state index is 5.75. The standard InChI is InChI=1S/C9H11ClN2S/c10-9-11-6-8(13-9)7-12-4-2-1-3-5-12/h1-2,6H,3-5,7H2. The van der Waals surface area contributed by atoms with Crippen molar-refractivity contribution in [3.05, 3.63) is 27.7 Å². The quantitative estimate of drug-likeness (QED) is 0.704. The maximum atomic E-state index is 5.75. The molecule has 1 aromatic heterocycles. The van der Waals surface area contributed by atoms with Crippen molar-refractivity contribution in [2.45, 2.75) is 13.0 Å². The van der Waals surface area contributed by atoms with Crippen LogP contribution < -0.4 is 0 Å². The summed E-state index contributed by atoms with van der Waals surface area (Å²) in [6.07, 6.45) is 7.47.